The van der Waals surface area contributed by atoms with E-state index in [4.69, 9.17) is 4.74 Å². The standard InChI is InChI=1S/C20H19N3O2/c1-25-15-7-8-16-14(11-21-19(16)9-15)12-22-23-20(24)18-10-17(18)13-5-3-2-4-6-13/h2-9,11-12,17-18,21H,10H2,1H3,(H,23,24). The zero-order valence-corrected chi connectivity index (χ0v) is 13.9. The minimum atomic E-state index is -0.0217. The van der Waals surface area contributed by atoms with Crippen LogP contribution in [0.25, 0.3) is 10.9 Å². The van der Waals surface area contributed by atoms with Crippen molar-refractivity contribution in [1.29, 1.82) is 0 Å². The lowest BCUT2D eigenvalue weighted by molar-refractivity contribution is -0.122. The molecule has 1 amide bonds. The minimum Gasteiger partial charge on any atom is -0.497 e. The van der Waals surface area contributed by atoms with Crippen LogP contribution in [0.4, 0.5) is 0 Å². The van der Waals surface area contributed by atoms with Gasteiger partial charge in [-0.2, -0.15) is 5.10 Å². The second-order valence-corrected chi connectivity index (χ2v) is 6.25. The number of amides is 1. The van der Waals surface area contributed by atoms with Crippen LogP contribution in [-0.4, -0.2) is 24.2 Å². The van der Waals surface area contributed by atoms with Crippen molar-refractivity contribution in [2.75, 3.05) is 7.11 Å². The van der Waals surface area contributed by atoms with Crippen LogP contribution >= 0.6 is 0 Å². The zero-order chi connectivity index (χ0) is 17.2. The Balaban J connectivity index is 1.39. The van der Waals surface area contributed by atoms with Gasteiger partial charge in [0.1, 0.15) is 5.75 Å². The summed E-state index contributed by atoms with van der Waals surface area (Å²) in [6.45, 7) is 0. The highest BCUT2D eigenvalue weighted by Gasteiger charge is 2.43. The van der Waals surface area contributed by atoms with E-state index in [-0.39, 0.29) is 11.8 Å². The second-order valence-electron chi connectivity index (χ2n) is 6.25. The average Bonchev–Trinajstić information content (AvgIpc) is 3.37. The van der Waals surface area contributed by atoms with Gasteiger partial charge in [-0.15, -0.1) is 0 Å². The molecule has 1 saturated carbocycles. The summed E-state index contributed by atoms with van der Waals surface area (Å²) in [7, 11) is 1.64. The van der Waals surface area contributed by atoms with E-state index in [0.717, 1.165) is 28.6 Å². The van der Waals surface area contributed by atoms with Crippen molar-refractivity contribution in [2.24, 2.45) is 11.0 Å². The largest absolute Gasteiger partial charge is 0.497 e. The molecule has 2 unspecified atom stereocenters. The van der Waals surface area contributed by atoms with Gasteiger partial charge in [-0.1, -0.05) is 30.3 Å². The molecule has 3 aromatic rings. The number of rotatable bonds is 5. The molecule has 1 aliphatic rings. The van der Waals surface area contributed by atoms with Gasteiger partial charge in [-0.25, -0.2) is 5.43 Å². The first-order valence-corrected chi connectivity index (χ1v) is 8.29. The summed E-state index contributed by atoms with van der Waals surface area (Å²) in [6.07, 6.45) is 4.42. The Labute approximate surface area is 145 Å². The van der Waals surface area contributed by atoms with E-state index < -0.39 is 0 Å². The fraction of sp³-hybridized carbons (Fsp3) is 0.200. The van der Waals surface area contributed by atoms with Crippen molar-refractivity contribution in [3.8, 4) is 5.75 Å². The monoisotopic (exact) mass is 333 g/mol. The lowest BCUT2D eigenvalue weighted by atomic mass is 10.1. The van der Waals surface area contributed by atoms with Crippen molar-refractivity contribution in [3.63, 3.8) is 0 Å². The fourth-order valence-corrected chi connectivity index (χ4v) is 3.16. The smallest absolute Gasteiger partial charge is 0.243 e. The number of nitrogens with one attached hydrogen (secondary N) is 2. The van der Waals surface area contributed by atoms with Gasteiger partial charge < -0.3 is 9.72 Å². The van der Waals surface area contributed by atoms with Crippen LogP contribution in [0.2, 0.25) is 0 Å². The highest BCUT2D eigenvalue weighted by Crippen LogP contribution is 2.47. The van der Waals surface area contributed by atoms with Crippen LogP contribution in [0.5, 0.6) is 5.75 Å². The highest BCUT2D eigenvalue weighted by atomic mass is 16.5. The third-order valence-corrected chi connectivity index (χ3v) is 4.65. The van der Waals surface area contributed by atoms with E-state index >= 15 is 0 Å². The van der Waals surface area contributed by atoms with E-state index in [2.05, 4.69) is 27.6 Å². The minimum absolute atomic E-state index is 0.0202. The molecule has 1 aliphatic carbocycles. The Morgan fingerprint density at radius 2 is 2.12 bits per heavy atom. The van der Waals surface area contributed by atoms with Gasteiger partial charge >= 0.3 is 0 Å². The molecule has 1 aromatic heterocycles. The van der Waals surface area contributed by atoms with Crippen LogP contribution in [0, 0.1) is 5.92 Å². The maximum Gasteiger partial charge on any atom is 0.243 e. The Hall–Kier alpha value is -3.08. The molecular weight excluding hydrogens is 314 g/mol. The first-order valence-electron chi connectivity index (χ1n) is 8.29. The van der Waals surface area contributed by atoms with Crippen LogP contribution in [0.3, 0.4) is 0 Å². The van der Waals surface area contributed by atoms with Gasteiger partial charge in [0, 0.05) is 34.6 Å². The molecule has 126 valence electrons. The SMILES string of the molecule is COc1ccc2c(C=NNC(=O)C3CC3c3ccccc3)c[nH]c2c1. The Bertz CT molecular complexity index is 931. The number of aromatic amines is 1. The Morgan fingerprint density at radius 3 is 2.92 bits per heavy atom. The molecular formula is C20H19N3O2. The van der Waals surface area contributed by atoms with E-state index in [1.807, 2.05) is 42.6 Å². The molecule has 0 bridgehead atoms. The first kappa shape index (κ1) is 15.4. The van der Waals surface area contributed by atoms with E-state index in [0.29, 0.717) is 5.92 Å². The quantitative estimate of drug-likeness (QED) is 0.555. The summed E-state index contributed by atoms with van der Waals surface area (Å²) >= 11 is 0. The van der Waals surface area contributed by atoms with Gasteiger partial charge in [0.05, 0.1) is 13.3 Å². The number of carbonyl (C=O) groups excluding carboxylic acids is 1. The second kappa shape index (κ2) is 6.43. The summed E-state index contributed by atoms with van der Waals surface area (Å²) < 4.78 is 5.21. The number of fused-ring (bicyclic) bond motifs is 1. The van der Waals surface area contributed by atoms with E-state index in [9.17, 15) is 4.79 Å². The van der Waals surface area contributed by atoms with E-state index in [1.165, 1.54) is 5.56 Å². The molecule has 0 spiro atoms. The predicted octanol–water partition coefficient (Wildman–Crippen LogP) is 3.43. The number of benzene rings is 2. The molecule has 4 rings (SSSR count). The number of methoxy groups -OCH3 is 1. The van der Waals surface area contributed by atoms with Crippen molar-refractivity contribution in [1.82, 2.24) is 10.4 Å². The zero-order valence-electron chi connectivity index (χ0n) is 13.9. The Kier molecular flexibility index (Phi) is 3.98. The van der Waals surface area contributed by atoms with Gasteiger partial charge in [0.25, 0.3) is 0 Å². The van der Waals surface area contributed by atoms with Gasteiger partial charge in [-0.3, -0.25) is 4.79 Å². The van der Waals surface area contributed by atoms with E-state index in [1.54, 1.807) is 13.3 Å². The van der Waals surface area contributed by atoms with Crippen molar-refractivity contribution in [3.05, 3.63) is 65.9 Å². The van der Waals surface area contributed by atoms with Crippen molar-refractivity contribution < 1.29 is 9.53 Å². The number of hydrazone groups is 1. The van der Waals surface area contributed by atoms with Crippen molar-refractivity contribution >= 4 is 23.0 Å². The number of nitrogens with zero attached hydrogens (tertiary/aromatic N) is 1. The lowest BCUT2D eigenvalue weighted by Crippen LogP contribution is -2.20. The predicted molar refractivity (Wildman–Crippen MR) is 97.9 cm³/mol. The van der Waals surface area contributed by atoms with Gasteiger partial charge in [-0.05, 0) is 30.0 Å². The van der Waals surface area contributed by atoms with Crippen LogP contribution < -0.4 is 10.2 Å². The third kappa shape index (κ3) is 3.13. The lowest BCUT2D eigenvalue weighted by Gasteiger charge is -2.00. The average molecular weight is 333 g/mol. The third-order valence-electron chi connectivity index (χ3n) is 4.65. The van der Waals surface area contributed by atoms with Crippen LogP contribution in [0.1, 0.15) is 23.5 Å². The molecule has 5 nitrogen and oxygen atoms in total. The van der Waals surface area contributed by atoms with Gasteiger partial charge in [0.15, 0.2) is 0 Å². The van der Waals surface area contributed by atoms with Gasteiger partial charge in [0.2, 0.25) is 5.91 Å². The summed E-state index contributed by atoms with van der Waals surface area (Å²) in [5.41, 5.74) is 5.78. The Morgan fingerprint density at radius 1 is 1.28 bits per heavy atom. The molecule has 25 heavy (non-hydrogen) atoms. The topological polar surface area (TPSA) is 66.5 Å². The number of hydrogen-bond donors (Lipinski definition) is 2. The maximum absolute atomic E-state index is 12.2. The normalized spacial score (nSPS) is 19.2. The summed E-state index contributed by atoms with van der Waals surface area (Å²) in [5.74, 6) is 1.11. The van der Waals surface area contributed by atoms with Crippen LogP contribution in [0.15, 0.2) is 59.8 Å². The number of H-pyrrole nitrogens is 1. The maximum atomic E-state index is 12.2. The molecule has 2 aromatic carbocycles. The molecule has 2 atom stereocenters. The number of aromatic nitrogens is 1. The fourth-order valence-electron chi connectivity index (χ4n) is 3.16. The molecule has 0 radical (unpaired) electrons. The number of ether oxygens (including phenoxy) is 1. The van der Waals surface area contributed by atoms with Crippen LogP contribution in [-0.2, 0) is 4.79 Å². The highest BCUT2D eigenvalue weighted by molar-refractivity contribution is 5.99. The summed E-state index contributed by atoms with van der Waals surface area (Å²) in [6, 6.07) is 15.9. The van der Waals surface area contributed by atoms with Crippen molar-refractivity contribution in [2.45, 2.75) is 12.3 Å². The molecule has 5 heteroatoms. The molecule has 1 fully saturated rings. The summed E-state index contributed by atoms with van der Waals surface area (Å²) in [5, 5.41) is 5.15. The molecule has 1 heterocycles. The summed E-state index contributed by atoms with van der Waals surface area (Å²) in [4.78, 5) is 15.4. The first-order chi connectivity index (χ1) is 12.3. The molecule has 0 aliphatic heterocycles. The molecule has 0 saturated heterocycles. The number of hydrogen-bond acceptors (Lipinski definition) is 3. The molecule has 2 N–H and O–H groups in total. The number of carbonyl (C=O) groups is 1.